The van der Waals surface area contributed by atoms with Gasteiger partial charge in [0.05, 0.1) is 0 Å². The summed E-state index contributed by atoms with van der Waals surface area (Å²) in [4.78, 5) is 4.27. The van der Waals surface area contributed by atoms with Crippen molar-refractivity contribution in [2.24, 2.45) is 0 Å². The van der Waals surface area contributed by atoms with Crippen LogP contribution in [-0.4, -0.2) is 14.8 Å². The van der Waals surface area contributed by atoms with Crippen LogP contribution < -0.4 is 0 Å². The Morgan fingerprint density at radius 3 is 1.57 bits per heavy atom. The van der Waals surface area contributed by atoms with Gasteiger partial charge in [-0.1, -0.05) is 0 Å². The van der Waals surface area contributed by atoms with Crippen LogP contribution in [0.3, 0.4) is 0 Å². The van der Waals surface area contributed by atoms with Crippen LogP contribution in [0.4, 0.5) is 2.86 Å². The molecule has 0 saturated heterocycles. The molecule has 0 aromatic carbocycles. The van der Waals surface area contributed by atoms with E-state index in [1.807, 2.05) is 0 Å². The Bertz CT molecular complexity index is 107. The molecule has 0 spiro atoms. The minimum absolute atomic E-state index is 1.42. The van der Waals surface area contributed by atoms with Crippen LogP contribution in [0.15, 0.2) is 0 Å². The molecule has 0 unspecified atom stereocenters. The Hall–Kier alpha value is 0.150. The van der Waals surface area contributed by atoms with Crippen molar-refractivity contribution >= 4 is 17.6 Å². The van der Waals surface area contributed by atoms with Gasteiger partial charge in [-0.15, -0.1) is 0 Å². The molecule has 0 N–H and O–H groups in total. The van der Waals surface area contributed by atoms with Crippen LogP contribution in [0.1, 0.15) is 0 Å². The quantitative estimate of drug-likeness (QED) is 0.448. The molecule has 0 amide bonds. The van der Waals surface area contributed by atoms with Gasteiger partial charge in [-0.05, 0) is 0 Å². The van der Waals surface area contributed by atoms with Crippen molar-refractivity contribution < 1.29 is 2.86 Å². The summed E-state index contributed by atoms with van der Waals surface area (Å²) < 4.78 is 14.3. The minimum atomic E-state index is -3.79. The second-order valence-electron chi connectivity index (χ2n) is 2.29. The Kier molecular flexibility index (Phi) is 1.34. The first-order valence-electron chi connectivity index (χ1n) is 1.69. The van der Waals surface area contributed by atoms with Gasteiger partial charge in [0.1, 0.15) is 0 Å². The van der Waals surface area contributed by atoms with Gasteiger partial charge < -0.3 is 0 Å². The molecule has 0 aliphatic rings. The molecule has 0 rings (SSSR count). The van der Waals surface area contributed by atoms with Crippen molar-refractivity contribution in [2.75, 3.05) is 14.8 Å². The number of nitriles is 1. The first-order valence-corrected chi connectivity index (χ1v) is 10.1. The van der Waals surface area contributed by atoms with Crippen LogP contribution >= 0.6 is 17.6 Å². The average Bonchev–Trinajstić information content (AvgIpc) is 1.32. The fraction of sp³-hybridized carbons (Fsp3) is 0.750. The predicted octanol–water partition coefficient (Wildman–Crippen LogP) is 1.82. The van der Waals surface area contributed by atoms with Gasteiger partial charge in [0.15, 0.2) is 0 Å². The van der Waals surface area contributed by atoms with Crippen LogP contribution in [0, 0.1) is 9.34 Å². The summed E-state index contributed by atoms with van der Waals surface area (Å²) in [5.74, 6) is 0. The summed E-state index contributed by atoms with van der Waals surface area (Å²) in [6.45, 7) is 0. The van der Waals surface area contributed by atoms with Gasteiger partial charge in [-0.3, -0.25) is 0 Å². The van der Waals surface area contributed by atoms with E-state index in [0.717, 1.165) is 0 Å². The van der Waals surface area contributed by atoms with E-state index in [4.69, 9.17) is 5.26 Å². The van der Waals surface area contributed by atoms with Crippen LogP contribution in [0.5, 0.6) is 0 Å². The summed E-state index contributed by atoms with van der Waals surface area (Å²) in [5.41, 5.74) is 0. The maximum atomic E-state index is 12.6. The molecule has 0 aliphatic heterocycles. The molecule has 0 atom stereocenters. The second kappa shape index (κ2) is 1.31. The van der Waals surface area contributed by atoms with E-state index in [1.54, 1.807) is 4.08 Å². The molecule has 0 fully saturated rings. The topological polar surface area (TPSA) is 23.8 Å². The zero-order valence-electron chi connectivity index (χ0n) is 4.70. The number of hydrogen-bond acceptors (Lipinski definition) is 1. The molecule has 0 aromatic heterocycles. The van der Waals surface area contributed by atoms with E-state index < -0.39 is 17.6 Å². The second-order valence-corrected chi connectivity index (χ2v) is 15.3. The van der Waals surface area contributed by atoms with Gasteiger partial charge in [0.25, 0.3) is 0 Å². The molecule has 0 radical (unpaired) electrons. The van der Waals surface area contributed by atoms with E-state index in [1.165, 1.54) is 14.8 Å². The van der Waals surface area contributed by atoms with Gasteiger partial charge in [0, 0.05) is 0 Å². The Balaban J connectivity index is 4.21. The van der Waals surface area contributed by atoms with Gasteiger partial charge >= 0.3 is 44.6 Å². The molecule has 0 aromatic rings. The molecule has 0 aliphatic carbocycles. The maximum absolute atomic E-state index is 12.6. The third-order valence-electron chi connectivity index (χ3n) is 0.285. The van der Waals surface area contributed by atoms with Crippen LogP contribution in [0.2, 0.25) is 0 Å². The van der Waals surface area contributed by atoms with Gasteiger partial charge in [-0.25, -0.2) is 0 Å². The Morgan fingerprint density at radius 2 is 1.57 bits per heavy atom. The van der Waals surface area contributed by atoms with E-state index in [9.17, 15) is 2.86 Å². The van der Waals surface area contributed by atoms with E-state index in [2.05, 4.69) is 0 Å². The third kappa shape index (κ3) is 6.15. The fourth-order valence-electron chi connectivity index (χ4n) is 0. The molecule has 0 bridgehead atoms. The standard InChI is InChI=1S/C4H9FIN/c1-6(2,3,5)4-7/h1-3H3. The van der Waals surface area contributed by atoms with E-state index in [0.29, 0.717) is 0 Å². The van der Waals surface area contributed by atoms with Gasteiger partial charge in [0.2, 0.25) is 0 Å². The molecule has 0 heterocycles. The SMILES string of the molecule is CI(C)(C)(F)C#N. The summed E-state index contributed by atoms with van der Waals surface area (Å²) in [6, 6.07) is 0. The fourth-order valence-corrected chi connectivity index (χ4v) is 0. The van der Waals surface area contributed by atoms with Crippen molar-refractivity contribution in [3.8, 4) is 4.08 Å². The zero-order valence-corrected chi connectivity index (χ0v) is 6.86. The van der Waals surface area contributed by atoms with Crippen molar-refractivity contribution in [3.05, 3.63) is 0 Å². The van der Waals surface area contributed by atoms with Gasteiger partial charge in [-0.2, -0.15) is 0 Å². The van der Waals surface area contributed by atoms with Crippen molar-refractivity contribution in [1.29, 1.82) is 5.26 Å². The number of rotatable bonds is 0. The number of halogens is 2. The summed E-state index contributed by atoms with van der Waals surface area (Å²) in [5, 5.41) is 8.12. The Labute approximate surface area is 44.9 Å². The third-order valence-corrected chi connectivity index (χ3v) is 1.92. The monoisotopic (exact) mass is 217 g/mol. The molecule has 0 saturated carbocycles. The number of hydrogen-bond donors (Lipinski definition) is 0. The van der Waals surface area contributed by atoms with Crippen molar-refractivity contribution in [3.63, 3.8) is 0 Å². The van der Waals surface area contributed by atoms with E-state index in [-0.39, 0.29) is 0 Å². The molecule has 1 nitrogen and oxygen atoms in total. The van der Waals surface area contributed by atoms with Crippen molar-refractivity contribution in [2.45, 2.75) is 0 Å². The summed E-state index contributed by atoms with van der Waals surface area (Å²) >= 11 is -3.79. The van der Waals surface area contributed by atoms with Crippen molar-refractivity contribution in [1.82, 2.24) is 0 Å². The predicted molar refractivity (Wildman–Crippen MR) is 38.5 cm³/mol. The zero-order chi connectivity index (χ0) is 6.15. The Morgan fingerprint density at radius 1 is 1.43 bits per heavy atom. The van der Waals surface area contributed by atoms with Crippen LogP contribution in [0.25, 0.3) is 0 Å². The van der Waals surface area contributed by atoms with E-state index >= 15 is 0 Å². The molecule has 44 valence electrons. The normalized spacial score (nSPS) is 16.7. The molecule has 7 heavy (non-hydrogen) atoms. The summed E-state index contributed by atoms with van der Waals surface area (Å²) in [6.07, 6.45) is 0. The molecule has 3 heteroatoms. The molecular formula is C4H9FIN. The van der Waals surface area contributed by atoms with Crippen LogP contribution in [-0.2, 0) is 0 Å². The number of alkyl halides is 3. The molecular weight excluding hydrogens is 208 g/mol. The first kappa shape index (κ1) is 7.15. The number of nitrogens with zero attached hydrogens (tertiary/aromatic N) is 1. The average molecular weight is 217 g/mol. The first-order chi connectivity index (χ1) is 2.81. The summed E-state index contributed by atoms with van der Waals surface area (Å²) in [7, 11) is 0.